The molecule has 0 bridgehead atoms. The summed E-state index contributed by atoms with van der Waals surface area (Å²) in [7, 11) is 0. The molecule has 0 saturated heterocycles. The molecule has 19 heavy (non-hydrogen) atoms. The van der Waals surface area contributed by atoms with Crippen molar-refractivity contribution in [2.75, 3.05) is 0 Å². The van der Waals surface area contributed by atoms with Crippen LogP contribution in [0.25, 0.3) is 0 Å². The topological polar surface area (TPSA) is 29.5 Å². The summed E-state index contributed by atoms with van der Waals surface area (Å²) in [6, 6.07) is 13.5. The van der Waals surface area contributed by atoms with Crippen LogP contribution in [0.1, 0.15) is 31.1 Å². The molecule has 3 heteroatoms. The van der Waals surface area contributed by atoms with Gasteiger partial charge in [-0.2, -0.15) is 0 Å². The molecule has 0 heterocycles. The van der Waals surface area contributed by atoms with Gasteiger partial charge in [0, 0.05) is 6.07 Å². The first-order valence-electron chi connectivity index (χ1n) is 6.26. The molecular formula is C16H17FO2. The van der Waals surface area contributed by atoms with E-state index in [0.29, 0.717) is 11.3 Å². The number of benzene rings is 2. The van der Waals surface area contributed by atoms with E-state index in [9.17, 15) is 9.50 Å². The van der Waals surface area contributed by atoms with Gasteiger partial charge in [-0.1, -0.05) is 30.3 Å². The monoisotopic (exact) mass is 260 g/mol. The van der Waals surface area contributed by atoms with Crippen molar-refractivity contribution in [3.63, 3.8) is 0 Å². The van der Waals surface area contributed by atoms with Crippen molar-refractivity contribution in [2.24, 2.45) is 0 Å². The summed E-state index contributed by atoms with van der Waals surface area (Å²) in [6.45, 7) is 3.75. The van der Waals surface area contributed by atoms with Crippen LogP contribution >= 0.6 is 0 Å². The lowest BCUT2D eigenvalue weighted by atomic mass is 10.0. The minimum atomic E-state index is -0.855. The van der Waals surface area contributed by atoms with E-state index in [2.05, 4.69) is 0 Å². The number of ether oxygens (including phenoxy) is 1. The molecule has 1 N–H and O–H groups in total. The molecule has 0 aliphatic rings. The van der Waals surface area contributed by atoms with Gasteiger partial charge >= 0.3 is 0 Å². The smallest absolute Gasteiger partial charge is 0.127 e. The Hall–Kier alpha value is -1.87. The molecule has 2 aromatic carbocycles. The SMILES string of the molecule is CC(C)Oc1cc(F)cc(C(O)c2ccccc2)c1. The predicted molar refractivity (Wildman–Crippen MR) is 72.7 cm³/mol. The van der Waals surface area contributed by atoms with E-state index in [1.165, 1.54) is 12.1 Å². The minimum Gasteiger partial charge on any atom is -0.491 e. The Kier molecular flexibility index (Phi) is 4.17. The van der Waals surface area contributed by atoms with Crippen LogP contribution in [0, 0.1) is 5.82 Å². The molecular weight excluding hydrogens is 243 g/mol. The van der Waals surface area contributed by atoms with E-state index >= 15 is 0 Å². The van der Waals surface area contributed by atoms with Crippen LogP contribution in [-0.2, 0) is 0 Å². The van der Waals surface area contributed by atoms with Gasteiger partial charge in [0.05, 0.1) is 6.10 Å². The molecule has 2 aromatic rings. The number of aliphatic hydroxyl groups is 1. The van der Waals surface area contributed by atoms with Gasteiger partial charge in [-0.25, -0.2) is 4.39 Å². The normalized spacial score (nSPS) is 12.5. The molecule has 0 amide bonds. The number of halogens is 1. The summed E-state index contributed by atoms with van der Waals surface area (Å²) in [5.41, 5.74) is 1.21. The van der Waals surface area contributed by atoms with Crippen LogP contribution in [0.15, 0.2) is 48.5 Å². The first kappa shape index (κ1) is 13.6. The molecule has 0 fully saturated rings. The summed E-state index contributed by atoms with van der Waals surface area (Å²) in [6.07, 6.45) is -0.894. The van der Waals surface area contributed by atoms with Crippen LogP contribution in [0.3, 0.4) is 0 Å². The lowest BCUT2D eigenvalue weighted by Crippen LogP contribution is -2.07. The number of hydrogen-bond acceptors (Lipinski definition) is 2. The minimum absolute atomic E-state index is 0.0384. The third-order valence-electron chi connectivity index (χ3n) is 2.70. The summed E-state index contributed by atoms with van der Waals surface area (Å²) in [5, 5.41) is 10.3. The summed E-state index contributed by atoms with van der Waals surface area (Å²) in [5.74, 6) is 0.0168. The molecule has 1 atom stereocenters. The van der Waals surface area contributed by atoms with E-state index < -0.39 is 11.9 Å². The second-order valence-corrected chi connectivity index (χ2v) is 4.70. The summed E-state index contributed by atoms with van der Waals surface area (Å²) >= 11 is 0. The molecule has 0 radical (unpaired) electrons. The van der Waals surface area contributed by atoms with Crippen molar-refractivity contribution in [1.29, 1.82) is 0 Å². The van der Waals surface area contributed by atoms with Crippen molar-refractivity contribution in [3.05, 3.63) is 65.5 Å². The summed E-state index contributed by atoms with van der Waals surface area (Å²) < 4.78 is 19.0. The third kappa shape index (κ3) is 3.55. The number of aliphatic hydroxyl groups excluding tert-OH is 1. The summed E-state index contributed by atoms with van der Waals surface area (Å²) in [4.78, 5) is 0. The van der Waals surface area contributed by atoms with E-state index in [0.717, 1.165) is 5.56 Å². The number of rotatable bonds is 4. The van der Waals surface area contributed by atoms with Gasteiger partial charge < -0.3 is 9.84 Å². The maximum Gasteiger partial charge on any atom is 0.127 e. The Balaban J connectivity index is 2.31. The van der Waals surface area contributed by atoms with E-state index in [4.69, 9.17) is 4.74 Å². The van der Waals surface area contributed by atoms with E-state index in [1.54, 1.807) is 18.2 Å². The fourth-order valence-electron chi connectivity index (χ4n) is 1.91. The van der Waals surface area contributed by atoms with E-state index in [-0.39, 0.29) is 6.10 Å². The van der Waals surface area contributed by atoms with Gasteiger partial charge in [0.1, 0.15) is 17.7 Å². The van der Waals surface area contributed by atoms with Gasteiger partial charge in [0.25, 0.3) is 0 Å². The highest BCUT2D eigenvalue weighted by Crippen LogP contribution is 2.26. The Morgan fingerprint density at radius 1 is 1.00 bits per heavy atom. The molecule has 0 aliphatic heterocycles. The maximum atomic E-state index is 13.6. The fraction of sp³-hybridized carbons (Fsp3) is 0.250. The quantitative estimate of drug-likeness (QED) is 0.908. The van der Waals surface area contributed by atoms with Crippen molar-refractivity contribution in [1.82, 2.24) is 0 Å². The van der Waals surface area contributed by atoms with Crippen molar-refractivity contribution < 1.29 is 14.2 Å². The Bertz CT molecular complexity index is 538. The van der Waals surface area contributed by atoms with Crippen LogP contribution in [0.4, 0.5) is 4.39 Å². The standard InChI is InChI=1S/C16H17FO2/c1-11(2)19-15-9-13(8-14(17)10-15)16(18)12-6-4-3-5-7-12/h3-11,16,18H,1-2H3. The van der Waals surface area contributed by atoms with Crippen molar-refractivity contribution in [3.8, 4) is 5.75 Å². The first-order chi connectivity index (χ1) is 9.06. The molecule has 0 aromatic heterocycles. The molecule has 0 spiro atoms. The second kappa shape index (κ2) is 5.85. The van der Waals surface area contributed by atoms with Crippen LogP contribution < -0.4 is 4.74 Å². The molecule has 0 saturated carbocycles. The predicted octanol–water partition coefficient (Wildman–Crippen LogP) is 3.69. The lowest BCUT2D eigenvalue weighted by molar-refractivity contribution is 0.215. The van der Waals surface area contributed by atoms with Crippen LogP contribution in [-0.4, -0.2) is 11.2 Å². The van der Waals surface area contributed by atoms with Gasteiger partial charge in [-0.05, 0) is 37.1 Å². The van der Waals surface area contributed by atoms with Gasteiger partial charge in [-0.3, -0.25) is 0 Å². The largest absolute Gasteiger partial charge is 0.491 e. The zero-order chi connectivity index (χ0) is 13.8. The highest BCUT2D eigenvalue weighted by atomic mass is 19.1. The van der Waals surface area contributed by atoms with Crippen molar-refractivity contribution in [2.45, 2.75) is 26.1 Å². The fourth-order valence-corrected chi connectivity index (χ4v) is 1.91. The second-order valence-electron chi connectivity index (χ2n) is 4.70. The van der Waals surface area contributed by atoms with Crippen molar-refractivity contribution >= 4 is 0 Å². The van der Waals surface area contributed by atoms with Crippen LogP contribution in [0.5, 0.6) is 5.75 Å². The average molecular weight is 260 g/mol. The number of hydrogen-bond donors (Lipinski definition) is 1. The first-order valence-corrected chi connectivity index (χ1v) is 6.26. The highest BCUT2D eigenvalue weighted by molar-refractivity contribution is 5.36. The zero-order valence-corrected chi connectivity index (χ0v) is 11.0. The average Bonchev–Trinajstić information content (AvgIpc) is 2.37. The maximum absolute atomic E-state index is 13.6. The molecule has 2 nitrogen and oxygen atoms in total. The molecule has 0 aliphatic carbocycles. The Morgan fingerprint density at radius 3 is 2.32 bits per heavy atom. The van der Waals surface area contributed by atoms with Gasteiger partial charge in [0.2, 0.25) is 0 Å². The van der Waals surface area contributed by atoms with Crippen LogP contribution in [0.2, 0.25) is 0 Å². The van der Waals surface area contributed by atoms with E-state index in [1.807, 2.05) is 32.0 Å². The lowest BCUT2D eigenvalue weighted by Gasteiger charge is -2.15. The highest BCUT2D eigenvalue weighted by Gasteiger charge is 2.13. The molecule has 1 unspecified atom stereocenters. The van der Waals surface area contributed by atoms with Gasteiger partial charge in [-0.15, -0.1) is 0 Å². The third-order valence-corrected chi connectivity index (χ3v) is 2.70. The molecule has 100 valence electrons. The molecule has 2 rings (SSSR count). The Labute approximate surface area is 112 Å². The van der Waals surface area contributed by atoms with Gasteiger partial charge in [0.15, 0.2) is 0 Å². The zero-order valence-electron chi connectivity index (χ0n) is 11.0. The Morgan fingerprint density at radius 2 is 1.68 bits per heavy atom.